The van der Waals surface area contributed by atoms with Gasteiger partial charge in [0.1, 0.15) is 17.3 Å². The molecule has 1 N–H and O–H groups in total. The maximum absolute atomic E-state index is 12.3. The standard InChI is InChI=1S/C17H20N4O4/c1-8(22)4-11-5-12(14(10(3)24)13(11)9(2)23)21-7-20-15-16(21)18-6-19-17(15)25/h6-7,11-14H,4-5H2,1-3H3,(H,18,19,25)/t11-,12+,13+,14-/m0/s1. The van der Waals surface area contributed by atoms with Gasteiger partial charge in [0.2, 0.25) is 0 Å². The average molecular weight is 344 g/mol. The van der Waals surface area contributed by atoms with Gasteiger partial charge in [-0.3, -0.25) is 14.4 Å². The number of hydrogen-bond donors (Lipinski definition) is 1. The van der Waals surface area contributed by atoms with Crippen molar-refractivity contribution >= 4 is 28.5 Å². The first kappa shape index (κ1) is 17.2. The first-order valence-corrected chi connectivity index (χ1v) is 8.21. The number of aromatic amines is 1. The van der Waals surface area contributed by atoms with Crippen molar-refractivity contribution in [2.45, 2.75) is 39.7 Å². The minimum atomic E-state index is -0.555. The van der Waals surface area contributed by atoms with Crippen LogP contribution in [0, 0.1) is 17.8 Å². The summed E-state index contributed by atoms with van der Waals surface area (Å²) in [6, 6.07) is -0.352. The lowest BCUT2D eigenvalue weighted by Crippen LogP contribution is -2.31. The lowest BCUT2D eigenvalue weighted by Gasteiger charge is -2.23. The number of fused-ring (bicyclic) bond motifs is 1. The Morgan fingerprint density at radius 1 is 1.16 bits per heavy atom. The SMILES string of the molecule is CC(=O)C[C@H]1C[C@@H](n2cnc3c(=O)[nH]cnc32)[C@H](C(C)=O)[C@@H]1C(C)=O. The molecule has 1 fully saturated rings. The Balaban J connectivity index is 2.11. The van der Waals surface area contributed by atoms with Crippen LogP contribution in [0.5, 0.6) is 0 Å². The zero-order valence-electron chi connectivity index (χ0n) is 14.4. The van der Waals surface area contributed by atoms with Crippen molar-refractivity contribution in [1.82, 2.24) is 19.5 Å². The van der Waals surface area contributed by atoms with Gasteiger partial charge < -0.3 is 14.3 Å². The van der Waals surface area contributed by atoms with Crippen molar-refractivity contribution in [2.24, 2.45) is 17.8 Å². The molecule has 0 amide bonds. The van der Waals surface area contributed by atoms with Gasteiger partial charge in [-0.05, 0) is 33.1 Å². The van der Waals surface area contributed by atoms with E-state index in [1.54, 1.807) is 4.57 Å². The van der Waals surface area contributed by atoms with Gasteiger partial charge in [-0.1, -0.05) is 0 Å². The summed E-state index contributed by atoms with van der Waals surface area (Å²) in [5.41, 5.74) is 0.217. The molecule has 132 valence electrons. The third-order valence-corrected chi connectivity index (χ3v) is 5.06. The summed E-state index contributed by atoms with van der Waals surface area (Å²) in [6.45, 7) is 4.41. The molecule has 0 saturated heterocycles. The smallest absolute Gasteiger partial charge is 0.278 e. The number of Topliss-reactive ketones (excluding diaryl/α,β-unsaturated/α-hetero) is 3. The lowest BCUT2D eigenvalue weighted by atomic mass is 9.81. The number of imidazole rings is 1. The zero-order valence-corrected chi connectivity index (χ0v) is 14.4. The molecule has 0 radical (unpaired) electrons. The predicted octanol–water partition coefficient (Wildman–Crippen LogP) is 1.07. The van der Waals surface area contributed by atoms with E-state index in [0.29, 0.717) is 12.1 Å². The van der Waals surface area contributed by atoms with Crippen molar-refractivity contribution in [3.05, 3.63) is 23.0 Å². The first-order chi connectivity index (χ1) is 11.8. The minimum Gasteiger partial charge on any atom is -0.311 e. The summed E-state index contributed by atoms with van der Waals surface area (Å²) in [5, 5.41) is 0. The number of ketones is 3. The summed E-state index contributed by atoms with van der Waals surface area (Å²) < 4.78 is 1.70. The molecular weight excluding hydrogens is 324 g/mol. The number of nitrogens with one attached hydrogen (secondary N) is 1. The minimum absolute atomic E-state index is 0.00994. The zero-order chi connectivity index (χ0) is 18.3. The molecule has 2 aromatic heterocycles. The Labute approximate surface area is 143 Å². The molecule has 2 heterocycles. The van der Waals surface area contributed by atoms with Crippen LogP contribution in [0.3, 0.4) is 0 Å². The second-order valence-corrected chi connectivity index (χ2v) is 6.80. The van der Waals surface area contributed by atoms with Crippen LogP contribution in [0.1, 0.15) is 39.7 Å². The number of carbonyl (C=O) groups is 3. The number of H-pyrrole nitrogens is 1. The number of hydrogen-bond acceptors (Lipinski definition) is 6. The Morgan fingerprint density at radius 2 is 1.84 bits per heavy atom. The number of rotatable bonds is 5. The van der Waals surface area contributed by atoms with Crippen LogP contribution in [0.2, 0.25) is 0 Å². The Bertz CT molecular complexity index is 913. The molecule has 0 aromatic carbocycles. The fraction of sp³-hybridized carbons (Fsp3) is 0.529. The van der Waals surface area contributed by atoms with Crippen molar-refractivity contribution in [3.8, 4) is 0 Å². The molecule has 2 aromatic rings. The van der Waals surface area contributed by atoms with E-state index in [1.165, 1.54) is 33.4 Å². The van der Waals surface area contributed by atoms with Gasteiger partial charge in [0, 0.05) is 24.3 Å². The maximum atomic E-state index is 12.3. The van der Waals surface area contributed by atoms with Gasteiger partial charge in [-0.2, -0.15) is 0 Å². The highest BCUT2D eigenvalue weighted by atomic mass is 16.1. The molecule has 25 heavy (non-hydrogen) atoms. The molecule has 0 aliphatic heterocycles. The molecule has 0 spiro atoms. The van der Waals surface area contributed by atoms with Gasteiger partial charge in [0.15, 0.2) is 11.2 Å². The maximum Gasteiger partial charge on any atom is 0.278 e. The van der Waals surface area contributed by atoms with Crippen LogP contribution in [0.15, 0.2) is 17.4 Å². The van der Waals surface area contributed by atoms with Crippen molar-refractivity contribution in [3.63, 3.8) is 0 Å². The molecule has 0 unspecified atom stereocenters. The summed E-state index contributed by atoms with van der Waals surface area (Å²) in [6.07, 6.45) is 3.52. The molecular formula is C17H20N4O4. The fourth-order valence-electron chi connectivity index (χ4n) is 4.22. The summed E-state index contributed by atoms with van der Waals surface area (Å²) in [4.78, 5) is 58.8. The second kappa shape index (κ2) is 6.34. The molecule has 1 aliphatic carbocycles. The molecule has 3 rings (SSSR count). The van der Waals surface area contributed by atoms with Gasteiger partial charge in [-0.25, -0.2) is 9.97 Å². The van der Waals surface area contributed by atoms with Crippen molar-refractivity contribution in [1.29, 1.82) is 0 Å². The van der Waals surface area contributed by atoms with E-state index < -0.39 is 11.8 Å². The second-order valence-electron chi connectivity index (χ2n) is 6.80. The highest BCUT2D eigenvalue weighted by Crippen LogP contribution is 2.47. The topological polar surface area (TPSA) is 115 Å². The highest BCUT2D eigenvalue weighted by Gasteiger charge is 2.49. The van der Waals surface area contributed by atoms with Crippen molar-refractivity contribution < 1.29 is 14.4 Å². The van der Waals surface area contributed by atoms with E-state index in [0.717, 1.165) is 0 Å². The van der Waals surface area contributed by atoms with E-state index in [9.17, 15) is 19.2 Å². The largest absolute Gasteiger partial charge is 0.311 e. The van der Waals surface area contributed by atoms with Crippen LogP contribution in [0.25, 0.3) is 11.2 Å². The molecule has 8 nitrogen and oxygen atoms in total. The number of aromatic nitrogens is 4. The molecule has 1 aliphatic rings. The summed E-state index contributed by atoms with van der Waals surface area (Å²) in [7, 11) is 0. The van der Waals surface area contributed by atoms with Crippen molar-refractivity contribution in [2.75, 3.05) is 0 Å². The molecule has 4 atom stereocenters. The van der Waals surface area contributed by atoms with Crippen LogP contribution < -0.4 is 5.56 Å². The van der Waals surface area contributed by atoms with Gasteiger partial charge in [0.25, 0.3) is 5.56 Å². The van der Waals surface area contributed by atoms with Crippen LogP contribution >= 0.6 is 0 Å². The van der Waals surface area contributed by atoms with Gasteiger partial charge in [0.05, 0.1) is 12.7 Å². The number of nitrogens with zero attached hydrogens (tertiary/aromatic N) is 3. The van der Waals surface area contributed by atoms with Crippen LogP contribution in [-0.4, -0.2) is 36.9 Å². The van der Waals surface area contributed by atoms with Crippen LogP contribution in [-0.2, 0) is 14.4 Å². The average Bonchev–Trinajstić information content (AvgIpc) is 3.08. The van der Waals surface area contributed by atoms with Crippen LogP contribution in [0.4, 0.5) is 0 Å². The monoisotopic (exact) mass is 344 g/mol. The van der Waals surface area contributed by atoms with E-state index in [2.05, 4.69) is 15.0 Å². The Hall–Kier alpha value is -2.64. The van der Waals surface area contributed by atoms with E-state index in [-0.39, 0.29) is 46.8 Å². The highest BCUT2D eigenvalue weighted by molar-refractivity contribution is 5.89. The Morgan fingerprint density at radius 3 is 2.44 bits per heavy atom. The van der Waals surface area contributed by atoms with E-state index in [4.69, 9.17) is 0 Å². The van der Waals surface area contributed by atoms with E-state index >= 15 is 0 Å². The quantitative estimate of drug-likeness (QED) is 0.867. The molecule has 0 bridgehead atoms. The summed E-state index contributed by atoms with van der Waals surface area (Å²) in [5.74, 6) is -1.48. The number of carbonyl (C=O) groups excluding carboxylic acids is 3. The molecule has 8 heteroatoms. The van der Waals surface area contributed by atoms with E-state index in [1.807, 2.05) is 0 Å². The fourth-order valence-corrected chi connectivity index (χ4v) is 4.22. The Kier molecular flexibility index (Phi) is 4.36. The first-order valence-electron chi connectivity index (χ1n) is 8.21. The predicted molar refractivity (Wildman–Crippen MR) is 88.9 cm³/mol. The van der Waals surface area contributed by atoms with Gasteiger partial charge in [-0.15, -0.1) is 0 Å². The third kappa shape index (κ3) is 2.92. The lowest BCUT2D eigenvalue weighted by molar-refractivity contribution is -0.131. The van der Waals surface area contributed by atoms with Gasteiger partial charge >= 0.3 is 0 Å². The molecule has 1 saturated carbocycles. The normalized spacial score (nSPS) is 26.0. The third-order valence-electron chi connectivity index (χ3n) is 5.06. The summed E-state index contributed by atoms with van der Waals surface area (Å²) >= 11 is 0.